The molecule has 5 heteroatoms. The fourth-order valence-electron chi connectivity index (χ4n) is 2.00. The minimum atomic E-state index is -3.35. The smallest absolute Gasteiger partial charge is 0.157 e. The van der Waals surface area contributed by atoms with Gasteiger partial charge in [0.2, 0.25) is 0 Å². The quantitative estimate of drug-likeness (QED) is 0.859. The Labute approximate surface area is 109 Å². The number of ether oxygens (including phenoxy) is 1. The predicted octanol–water partition coefficient (Wildman–Crippen LogP) is 1.94. The zero-order valence-electron chi connectivity index (χ0n) is 11.0. The van der Waals surface area contributed by atoms with Crippen molar-refractivity contribution in [1.82, 2.24) is 0 Å². The summed E-state index contributed by atoms with van der Waals surface area (Å²) < 4.78 is 28.7. The fraction of sp³-hybridized carbons (Fsp3) is 0.538. The lowest BCUT2D eigenvalue weighted by molar-refractivity contribution is 0.157. The molecule has 1 N–H and O–H groups in total. The van der Waals surface area contributed by atoms with E-state index in [0.29, 0.717) is 17.7 Å². The SMILES string of the molecule is CCCC(O)C(c1ccc(OC)cc1)S(C)(=O)=O. The molecule has 4 nitrogen and oxygen atoms in total. The van der Waals surface area contributed by atoms with E-state index in [-0.39, 0.29) is 0 Å². The molecule has 0 aliphatic rings. The van der Waals surface area contributed by atoms with Gasteiger partial charge in [-0.2, -0.15) is 0 Å². The summed E-state index contributed by atoms with van der Waals surface area (Å²) in [6.45, 7) is 1.91. The van der Waals surface area contributed by atoms with Crippen LogP contribution in [0, 0.1) is 0 Å². The summed E-state index contributed by atoms with van der Waals surface area (Å²) in [5.74, 6) is 0.663. The van der Waals surface area contributed by atoms with Gasteiger partial charge in [-0.15, -0.1) is 0 Å². The standard InChI is InChI=1S/C13H20O4S/c1-4-5-12(14)13(18(3,15)16)10-6-8-11(17-2)9-7-10/h6-9,12-14H,4-5H2,1-3H3. The zero-order valence-corrected chi connectivity index (χ0v) is 11.8. The van der Waals surface area contributed by atoms with E-state index in [2.05, 4.69) is 0 Å². The molecule has 0 saturated carbocycles. The van der Waals surface area contributed by atoms with Crippen LogP contribution < -0.4 is 4.74 Å². The summed E-state index contributed by atoms with van der Waals surface area (Å²) in [7, 11) is -1.80. The number of aliphatic hydroxyl groups excluding tert-OH is 1. The largest absolute Gasteiger partial charge is 0.497 e. The molecular weight excluding hydrogens is 252 g/mol. The van der Waals surface area contributed by atoms with Crippen LogP contribution in [0.2, 0.25) is 0 Å². The van der Waals surface area contributed by atoms with E-state index in [0.717, 1.165) is 12.7 Å². The van der Waals surface area contributed by atoms with Gasteiger partial charge in [0.15, 0.2) is 9.84 Å². The molecule has 0 saturated heterocycles. The van der Waals surface area contributed by atoms with E-state index in [1.165, 1.54) is 0 Å². The van der Waals surface area contributed by atoms with Gasteiger partial charge in [-0.3, -0.25) is 0 Å². The van der Waals surface area contributed by atoms with Crippen molar-refractivity contribution in [2.24, 2.45) is 0 Å². The molecule has 0 bridgehead atoms. The van der Waals surface area contributed by atoms with Gasteiger partial charge in [0.25, 0.3) is 0 Å². The molecule has 2 unspecified atom stereocenters. The molecular formula is C13H20O4S. The Morgan fingerprint density at radius 2 is 1.83 bits per heavy atom. The molecule has 0 aliphatic carbocycles. The second-order valence-corrected chi connectivity index (χ2v) is 6.55. The van der Waals surface area contributed by atoms with E-state index < -0.39 is 21.2 Å². The molecule has 1 rings (SSSR count). The van der Waals surface area contributed by atoms with Crippen molar-refractivity contribution >= 4 is 9.84 Å². The van der Waals surface area contributed by atoms with Gasteiger partial charge in [-0.05, 0) is 24.1 Å². The minimum Gasteiger partial charge on any atom is -0.497 e. The molecule has 0 radical (unpaired) electrons. The van der Waals surface area contributed by atoms with Crippen molar-refractivity contribution in [3.05, 3.63) is 29.8 Å². The number of hydrogen-bond acceptors (Lipinski definition) is 4. The highest BCUT2D eigenvalue weighted by Crippen LogP contribution is 2.29. The van der Waals surface area contributed by atoms with Crippen LogP contribution in [0.3, 0.4) is 0 Å². The molecule has 102 valence electrons. The summed E-state index contributed by atoms with van der Waals surface area (Å²) >= 11 is 0. The number of aliphatic hydroxyl groups is 1. The van der Waals surface area contributed by atoms with Crippen LogP contribution in [0.1, 0.15) is 30.6 Å². The Kier molecular flexibility index (Phi) is 5.16. The van der Waals surface area contributed by atoms with Crippen LogP contribution in [0.4, 0.5) is 0 Å². The Morgan fingerprint density at radius 1 is 1.28 bits per heavy atom. The molecule has 2 atom stereocenters. The number of rotatable bonds is 6. The van der Waals surface area contributed by atoms with Crippen LogP contribution in [0.25, 0.3) is 0 Å². The molecule has 0 heterocycles. The highest BCUT2D eigenvalue weighted by Gasteiger charge is 2.30. The van der Waals surface area contributed by atoms with Crippen LogP contribution in [-0.4, -0.2) is 33.0 Å². The topological polar surface area (TPSA) is 63.6 Å². The van der Waals surface area contributed by atoms with Crippen LogP contribution in [-0.2, 0) is 9.84 Å². The monoisotopic (exact) mass is 272 g/mol. The molecule has 0 amide bonds. The van der Waals surface area contributed by atoms with E-state index >= 15 is 0 Å². The third kappa shape index (κ3) is 3.71. The van der Waals surface area contributed by atoms with Crippen LogP contribution in [0.5, 0.6) is 5.75 Å². The summed E-state index contributed by atoms with van der Waals surface area (Å²) in [6.07, 6.45) is 1.48. The third-order valence-electron chi connectivity index (χ3n) is 2.84. The maximum absolute atomic E-state index is 11.8. The molecule has 0 aliphatic heterocycles. The first-order chi connectivity index (χ1) is 8.40. The van der Waals surface area contributed by atoms with Crippen molar-refractivity contribution in [3.8, 4) is 5.75 Å². The van der Waals surface area contributed by atoms with Crippen molar-refractivity contribution in [1.29, 1.82) is 0 Å². The first kappa shape index (κ1) is 15.0. The highest BCUT2D eigenvalue weighted by molar-refractivity contribution is 7.91. The van der Waals surface area contributed by atoms with Crippen LogP contribution >= 0.6 is 0 Å². The minimum absolute atomic E-state index is 0.462. The van der Waals surface area contributed by atoms with Gasteiger partial charge < -0.3 is 9.84 Å². The number of benzene rings is 1. The van der Waals surface area contributed by atoms with Crippen LogP contribution in [0.15, 0.2) is 24.3 Å². The Bertz CT molecular complexity index is 464. The van der Waals surface area contributed by atoms with Crippen molar-refractivity contribution in [2.45, 2.75) is 31.1 Å². The second kappa shape index (κ2) is 6.20. The van der Waals surface area contributed by atoms with Gasteiger partial charge in [0.05, 0.1) is 13.2 Å². The first-order valence-corrected chi connectivity index (χ1v) is 7.86. The number of methoxy groups -OCH3 is 1. The van der Waals surface area contributed by atoms with E-state index in [9.17, 15) is 13.5 Å². The normalized spacial score (nSPS) is 15.1. The Morgan fingerprint density at radius 3 is 2.22 bits per heavy atom. The van der Waals surface area contributed by atoms with Gasteiger partial charge in [-0.25, -0.2) is 8.42 Å². The van der Waals surface area contributed by atoms with Crippen molar-refractivity contribution in [3.63, 3.8) is 0 Å². The summed E-state index contributed by atoms with van der Waals surface area (Å²) in [5, 5.41) is 9.14. The van der Waals surface area contributed by atoms with E-state index in [1.807, 2.05) is 6.92 Å². The summed E-state index contributed by atoms with van der Waals surface area (Å²) in [4.78, 5) is 0. The highest BCUT2D eigenvalue weighted by atomic mass is 32.2. The van der Waals surface area contributed by atoms with Gasteiger partial charge in [0, 0.05) is 6.26 Å². The lowest BCUT2D eigenvalue weighted by atomic mass is 10.0. The fourth-order valence-corrected chi connectivity index (χ4v) is 3.35. The first-order valence-electron chi connectivity index (χ1n) is 5.91. The van der Waals surface area contributed by atoms with E-state index in [4.69, 9.17) is 4.74 Å². The molecule has 0 aromatic heterocycles. The zero-order chi connectivity index (χ0) is 13.8. The maximum atomic E-state index is 11.8. The Hall–Kier alpha value is -1.07. The van der Waals surface area contributed by atoms with Crippen molar-refractivity contribution < 1.29 is 18.3 Å². The average Bonchev–Trinajstić information content (AvgIpc) is 2.28. The average molecular weight is 272 g/mol. The maximum Gasteiger partial charge on any atom is 0.157 e. The Balaban J connectivity index is 3.09. The van der Waals surface area contributed by atoms with Gasteiger partial charge >= 0.3 is 0 Å². The molecule has 1 aromatic rings. The second-order valence-electron chi connectivity index (χ2n) is 4.38. The van der Waals surface area contributed by atoms with Gasteiger partial charge in [-0.1, -0.05) is 25.5 Å². The van der Waals surface area contributed by atoms with Gasteiger partial charge in [0.1, 0.15) is 11.0 Å². The number of sulfone groups is 1. The van der Waals surface area contributed by atoms with E-state index in [1.54, 1.807) is 31.4 Å². The predicted molar refractivity (Wildman–Crippen MR) is 71.5 cm³/mol. The lowest BCUT2D eigenvalue weighted by Crippen LogP contribution is -2.25. The third-order valence-corrected chi connectivity index (χ3v) is 4.35. The molecule has 18 heavy (non-hydrogen) atoms. The lowest BCUT2D eigenvalue weighted by Gasteiger charge is -2.21. The molecule has 1 aromatic carbocycles. The number of hydrogen-bond donors (Lipinski definition) is 1. The summed E-state index contributed by atoms with van der Waals surface area (Å²) in [6, 6.07) is 6.77. The molecule has 0 spiro atoms. The van der Waals surface area contributed by atoms with Crippen molar-refractivity contribution in [2.75, 3.05) is 13.4 Å². The molecule has 0 fully saturated rings. The summed E-state index contributed by atoms with van der Waals surface area (Å²) in [5.41, 5.74) is 0.597.